The van der Waals surface area contributed by atoms with Gasteiger partial charge in [0.15, 0.2) is 5.82 Å². The van der Waals surface area contributed by atoms with Gasteiger partial charge in [-0.3, -0.25) is 0 Å². The molecule has 4 heterocycles. The van der Waals surface area contributed by atoms with Gasteiger partial charge in [-0.1, -0.05) is 121 Å². The molecule has 0 saturated heterocycles. The first-order valence-electron chi connectivity index (χ1n) is 17.0. The maximum atomic E-state index is 6.73. The van der Waals surface area contributed by atoms with Gasteiger partial charge in [0.05, 0.1) is 16.8 Å². The van der Waals surface area contributed by atoms with Crippen LogP contribution in [-0.4, -0.2) is 9.97 Å². The van der Waals surface area contributed by atoms with E-state index in [9.17, 15) is 0 Å². The first-order chi connectivity index (χ1) is 25.3. The van der Waals surface area contributed by atoms with Crippen LogP contribution in [0.2, 0.25) is 0 Å². The number of nitrogens with zero attached hydrogens (tertiary/aromatic N) is 2. The highest BCUT2D eigenvalue weighted by Crippen LogP contribution is 2.47. The maximum Gasteiger partial charge on any atom is 0.160 e. The van der Waals surface area contributed by atoms with Gasteiger partial charge in [0.2, 0.25) is 0 Å². The lowest BCUT2D eigenvalue weighted by Gasteiger charge is -2.10. The molecule has 0 aliphatic heterocycles. The van der Waals surface area contributed by atoms with E-state index in [1.54, 1.807) is 0 Å². The van der Waals surface area contributed by atoms with Gasteiger partial charge in [-0.2, -0.15) is 0 Å². The molecule has 0 spiro atoms. The molecule has 7 aromatic carbocycles. The fraction of sp³-hybridized carbons (Fsp3) is 0. The molecule has 11 rings (SSSR count). The quantitative estimate of drug-likeness (QED) is 0.189. The second-order valence-corrected chi connectivity index (χ2v) is 12.9. The van der Waals surface area contributed by atoms with Gasteiger partial charge in [-0.15, -0.1) is 0 Å². The number of hydrogen-bond acceptors (Lipinski definition) is 5. The van der Waals surface area contributed by atoms with Crippen LogP contribution in [0.3, 0.4) is 0 Å². The zero-order valence-electron chi connectivity index (χ0n) is 27.1. The third-order valence-electron chi connectivity index (χ3n) is 9.91. The molecule has 5 heteroatoms. The van der Waals surface area contributed by atoms with E-state index in [-0.39, 0.29) is 0 Å². The van der Waals surface area contributed by atoms with Crippen molar-refractivity contribution in [3.63, 3.8) is 0 Å². The fourth-order valence-electron chi connectivity index (χ4n) is 7.56. The highest BCUT2D eigenvalue weighted by atomic mass is 16.3. The summed E-state index contributed by atoms with van der Waals surface area (Å²) >= 11 is 0. The largest absolute Gasteiger partial charge is 0.456 e. The van der Waals surface area contributed by atoms with Gasteiger partial charge in [0.1, 0.15) is 33.5 Å². The van der Waals surface area contributed by atoms with Crippen molar-refractivity contribution in [2.75, 3.05) is 0 Å². The lowest BCUT2D eigenvalue weighted by Crippen LogP contribution is -1.95. The molecule has 0 bridgehead atoms. The van der Waals surface area contributed by atoms with Gasteiger partial charge in [-0.05, 0) is 47.5 Å². The van der Waals surface area contributed by atoms with Crippen LogP contribution in [-0.2, 0) is 0 Å². The number of para-hydroxylation sites is 2. The summed E-state index contributed by atoms with van der Waals surface area (Å²) in [6.07, 6.45) is 0. The van der Waals surface area contributed by atoms with Crippen molar-refractivity contribution < 1.29 is 13.3 Å². The Kier molecular flexibility index (Phi) is 5.89. The van der Waals surface area contributed by atoms with Crippen LogP contribution in [0.25, 0.3) is 111 Å². The third kappa shape index (κ3) is 4.28. The molecule has 0 unspecified atom stereocenters. The second kappa shape index (κ2) is 10.8. The van der Waals surface area contributed by atoms with Crippen molar-refractivity contribution in [3.8, 4) is 45.0 Å². The molecule has 0 atom stereocenters. The molecule has 0 N–H and O–H groups in total. The Morgan fingerprint density at radius 1 is 0.333 bits per heavy atom. The summed E-state index contributed by atoms with van der Waals surface area (Å²) in [5.74, 6) is 0.692. The Labute approximate surface area is 291 Å². The summed E-state index contributed by atoms with van der Waals surface area (Å²) in [6, 6.07) is 53.6. The Morgan fingerprint density at radius 3 is 1.57 bits per heavy atom. The van der Waals surface area contributed by atoms with E-state index in [1.807, 2.05) is 91.0 Å². The Morgan fingerprint density at radius 2 is 0.863 bits per heavy atom. The monoisotopic (exact) mass is 654 g/mol. The number of hydrogen-bond donors (Lipinski definition) is 0. The predicted octanol–water partition coefficient (Wildman–Crippen LogP) is 12.8. The highest BCUT2D eigenvalue weighted by molar-refractivity contribution is 6.33. The molecule has 238 valence electrons. The minimum atomic E-state index is 0.692. The van der Waals surface area contributed by atoms with E-state index in [0.717, 1.165) is 105 Å². The van der Waals surface area contributed by atoms with Crippen LogP contribution in [0.4, 0.5) is 0 Å². The summed E-state index contributed by atoms with van der Waals surface area (Å²) in [5.41, 5.74) is 11.7. The zero-order valence-corrected chi connectivity index (χ0v) is 27.1. The lowest BCUT2D eigenvalue weighted by atomic mass is 9.95. The first kappa shape index (κ1) is 27.9. The Balaban J connectivity index is 1.12. The molecule has 51 heavy (non-hydrogen) atoms. The van der Waals surface area contributed by atoms with Gasteiger partial charge < -0.3 is 13.3 Å². The molecular weight excluding hydrogens is 629 g/mol. The van der Waals surface area contributed by atoms with Gasteiger partial charge >= 0.3 is 0 Å². The van der Waals surface area contributed by atoms with E-state index in [2.05, 4.69) is 66.7 Å². The van der Waals surface area contributed by atoms with Gasteiger partial charge in [0.25, 0.3) is 0 Å². The van der Waals surface area contributed by atoms with Crippen molar-refractivity contribution in [3.05, 3.63) is 158 Å². The van der Waals surface area contributed by atoms with Crippen molar-refractivity contribution in [1.29, 1.82) is 0 Å². The first-order valence-corrected chi connectivity index (χ1v) is 17.0. The number of benzene rings is 7. The topological polar surface area (TPSA) is 65.2 Å². The van der Waals surface area contributed by atoms with Crippen molar-refractivity contribution in [1.82, 2.24) is 9.97 Å². The summed E-state index contributed by atoms with van der Waals surface area (Å²) in [6.45, 7) is 0. The summed E-state index contributed by atoms with van der Waals surface area (Å²) in [4.78, 5) is 10.0. The minimum Gasteiger partial charge on any atom is -0.456 e. The number of aromatic nitrogens is 2. The number of fused-ring (bicyclic) bond motifs is 11. The molecule has 11 aromatic rings. The molecule has 0 fully saturated rings. The minimum absolute atomic E-state index is 0.692. The molecule has 5 nitrogen and oxygen atoms in total. The van der Waals surface area contributed by atoms with Crippen molar-refractivity contribution >= 4 is 65.8 Å². The summed E-state index contributed by atoms with van der Waals surface area (Å²) < 4.78 is 19.6. The van der Waals surface area contributed by atoms with Crippen LogP contribution >= 0.6 is 0 Å². The lowest BCUT2D eigenvalue weighted by molar-refractivity contribution is 0.660. The number of furan rings is 3. The average Bonchev–Trinajstić information content (AvgIpc) is 3.89. The van der Waals surface area contributed by atoms with E-state index < -0.39 is 0 Å². The van der Waals surface area contributed by atoms with E-state index >= 15 is 0 Å². The SMILES string of the molecule is c1ccc(-c2cc(-c3ccc(-c4cc5oc6ccc7oc8ccccc8c7c6c5c5oc6ccccc6c45)cc3)nc(-c3ccccc3)n2)cc1. The Hall–Kier alpha value is -6.98. The van der Waals surface area contributed by atoms with Gasteiger partial charge in [0, 0.05) is 43.6 Å². The van der Waals surface area contributed by atoms with Crippen LogP contribution < -0.4 is 0 Å². The van der Waals surface area contributed by atoms with Gasteiger partial charge in [-0.25, -0.2) is 9.97 Å². The predicted molar refractivity (Wildman–Crippen MR) is 206 cm³/mol. The summed E-state index contributed by atoms with van der Waals surface area (Å²) in [5, 5.41) is 6.17. The molecular formula is C46H26N2O3. The Bertz CT molecular complexity index is 3060. The molecule has 4 aromatic heterocycles. The van der Waals surface area contributed by atoms with Crippen molar-refractivity contribution in [2.24, 2.45) is 0 Å². The van der Waals surface area contributed by atoms with Crippen LogP contribution in [0, 0.1) is 0 Å². The van der Waals surface area contributed by atoms with E-state index in [1.165, 1.54) is 0 Å². The van der Waals surface area contributed by atoms with Crippen LogP contribution in [0.15, 0.2) is 171 Å². The molecule has 0 aliphatic carbocycles. The third-order valence-corrected chi connectivity index (χ3v) is 9.91. The van der Waals surface area contributed by atoms with Crippen LogP contribution in [0.5, 0.6) is 0 Å². The van der Waals surface area contributed by atoms with E-state index in [4.69, 9.17) is 23.2 Å². The normalized spacial score (nSPS) is 11.9. The molecule has 0 saturated carbocycles. The number of rotatable bonds is 4. The zero-order chi connectivity index (χ0) is 33.5. The van der Waals surface area contributed by atoms with Crippen molar-refractivity contribution in [2.45, 2.75) is 0 Å². The van der Waals surface area contributed by atoms with E-state index in [0.29, 0.717) is 5.82 Å². The average molecular weight is 655 g/mol. The molecule has 0 radical (unpaired) electrons. The smallest absolute Gasteiger partial charge is 0.160 e. The fourth-order valence-corrected chi connectivity index (χ4v) is 7.56. The molecule has 0 aliphatic rings. The van der Waals surface area contributed by atoms with Crippen LogP contribution in [0.1, 0.15) is 0 Å². The molecule has 0 amide bonds. The highest BCUT2D eigenvalue weighted by Gasteiger charge is 2.23. The maximum absolute atomic E-state index is 6.73. The summed E-state index contributed by atoms with van der Waals surface area (Å²) in [7, 11) is 0. The standard InChI is InChI=1S/C46H26N2O3/c1-3-11-28(12-4-1)34-26-35(48-46(47-34)30-13-5-2-6-14-30)29-21-19-27(20-22-29)33-25-40-44(45-41(33)31-15-7-10-18-37(31)51-45)43-39(50-40)24-23-38-42(43)32-16-8-9-17-36(32)49-38/h1-26H. The second-order valence-electron chi connectivity index (χ2n) is 12.9.